The molecule has 1 fully saturated rings. The largest absolute Gasteiger partial charge is 0.381 e. The number of hydrogen-bond donors (Lipinski definition) is 1. The van der Waals surface area contributed by atoms with Gasteiger partial charge in [0, 0.05) is 42.2 Å². The molecule has 2 aromatic rings. The molecule has 0 bridgehead atoms. The standard InChI is InChI=1S/C26H32ClF2N3O2/c1-16(20-7-4-6-19(15-28)24(20)29)30-25-21-13-17(14-22(21)31-26(27)32-25)8-9-23(33)18-5-2-3-11-34-12-10-18/h4,6-7,16-18H,2-3,5,8-15H2,1H3,(H,30,31,32)/t16-,17?,18?/m1/s1. The van der Waals surface area contributed by atoms with Crippen LogP contribution in [0, 0.1) is 17.7 Å². The topological polar surface area (TPSA) is 64.1 Å². The third-order valence-corrected chi connectivity index (χ3v) is 7.24. The van der Waals surface area contributed by atoms with Crippen LogP contribution in [-0.2, 0) is 29.0 Å². The fourth-order valence-electron chi connectivity index (χ4n) is 5.10. The zero-order chi connectivity index (χ0) is 24.1. The second kappa shape index (κ2) is 11.5. The van der Waals surface area contributed by atoms with Crippen LogP contribution in [0.25, 0.3) is 0 Å². The number of aromatic nitrogens is 2. The first-order valence-corrected chi connectivity index (χ1v) is 12.6. The van der Waals surface area contributed by atoms with Crippen molar-refractivity contribution in [2.75, 3.05) is 18.5 Å². The van der Waals surface area contributed by atoms with Crippen LogP contribution in [0.3, 0.4) is 0 Å². The fourth-order valence-corrected chi connectivity index (χ4v) is 5.29. The van der Waals surface area contributed by atoms with Gasteiger partial charge in [-0.15, -0.1) is 0 Å². The highest BCUT2D eigenvalue weighted by Crippen LogP contribution is 2.35. The minimum absolute atomic E-state index is 0.0395. The maximum absolute atomic E-state index is 14.6. The van der Waals surface area contributed by atoms with Gasteiger partial charge in [0.25, 0.3) is 0 Å². The molecule has 8 heteroatoms. The van der Waals surface area contributed by atoms with E-state index in [-0.39, 0.29) is 16.8 Å². The van der Waals surface area contributed by atoms with Crippen molar-refractivity contribution in [3.8, 4) is 0 Å². The van der Waals surface area contributed by atoms with Crippen molar-refractivity contribution in [3.63, 3.8) is 0 Å². The van der Waals surface area contributed by atoms with E-state index in [2.05, 4.69) is 15.3 Å². The van der Waals surface area contributed by atoms with Gasteiger partial charge in [0.15, 0.2) is 0 Å². The first-order chi connectivity index (χ1) is 16.5. The number of carbonyl (C=O) groups excluding carboxylic acids is 1. The molecule has 1 aliphatic carbocycles. The van der Waals surface area contributed by atoms with Crippen LogP contribution in [0.5, 0.6) is 0 Å². The van der Waals surface area contributed by atoms with E-state index in [9.17, 15) is 13.6 Å². The van der Waals surface area contributed by atoms with Gasteiger partial charge in [0.05, 0.1) is 11.7 Å². The number of ether oxygens (including phenoxy) is 1. The lowest BCUT2D eigenvalue weighted by Gasteiger charge is -2.20. The van der Waals surface area contributed by atoms with Crippen molar-refractivity contribution in [2.45, 2.75) is 71.0 Å². The first-order valence-electron chi connectivity index (χ1n) is 12.2. The number of Topliss-reactive ketones (excluding diaryl/α,β-unsaturated/α-hetero) is 1. The van der Waals surface area contributed by atoms with E-state index in [0.29, 0.717) is 36.1 Å². The lowest BCUT2D eigenvalue weighted by Crippen LogP contribution is -2.20. The molecule has 1 aliphatic heterocycles. The van der Waals surface area contributed by atoms with Crippen molar-refractivity contribution in [3.05, 3.63) is 51.7 Å². The Kier molecular flexibility index (Phi) is 8.48. The summed E-state index contributed by atoms with van der Waals surface area (Å²) in [7, 11) is 0. The molecule has 2 aliphatic rings. The molecular weight excluding hydrogens is 460 g/mol. The van der Waals surface area contributed by atoms with E-state index in [4.69, 9.17) is 16.3 Å². The summed E-state index contributed by atoms with van der Waals surface area (Å²) in [5.74, 6) is 0.766. The Hall–Kier alpha value is -2.12. The molecule has 2 unspecified atom stereocenters. The molecule has 0 radical (unpaired) electrons. The second-order valence-corrected chi connectivity index (χ2v) is 9.80. The van der Waals surface area contributed by atoms with Crippen LogP contribution < -0.4 is 5.32 Å². The molecule has 0 amide bonds. The number of benzene rings is 1. The van der Waals surface area contributed by atoms with Crippen molar-refractivity contribution < 1.29 is 18.3 Å². The molecule has 1 N–H and O–H groups in total. The van der Waals surface area contributed by atoms with Crippen LogP contribution in [0.15, 0.2) is 18.2 Å². The van der Waals surface area contributed by atoms with Gasteiger partial charge in [-0.25, -0.2) is 18.7 Å². The van der Waals surface area contributed by atoms with Gasteiger partial charge in [-0.2, -0.15) is 0 Å². The van der Waals surface area contributed by atoms with Gasteiger partial charge in [-0.3, -0.25) is 4.79 Å². The molecule has 1 aromatic carbocycles. The van der Waals surface area contributed by atoms with Gasteiger partial charge in [-0.1, -0.05) is 24.6 Å². The van der Waals surface area contributed by atoms with Gasteiger partial charge in [0.1, 0.15) is 24.1 Å². The maximum Gasteiger partial charge on any atom is 0.224 e. The number of fused-ring (bicyclic) bond motifs is 1. The first kappa shape index (κ1) is 25.0. The van der Waals surface area contributed by atoms with Crippen LogP contribution in [0.1, 0.15) is 73.9 Å². The molecular formula is C26H32ClF2N3O2. The number of halogens is 3. The molecule has 0 spiro atoms. The Labute approximate surface area is 204 Å². The van der Waals surface area contributed by atoms with Crippen LogP contribution in [0.2, 0.25) is 5.28 Å². The van der Waals surface area contributed by atoms with Gasteiger partial charge in [0.2, 0.25) is 5.28 Å². The Morgan fingerprint density at radius 3 is 2.91 bits per heavy atom. The quantitative estimate of drug-likeness (QED) is 0.446. The zero-order valence-corrected chi connectivity index (χ0v) is 20.3. The average Bonchev–Trinajstić information content (AvgIpc) is 3.20. The van der Waals surface area contributed by atoms with E-state index >= 15 is 0 Å². The summed E-state index contributed by atoms with van der Waals surface area (Å²) in [4.78, 5) is 21.6. The smallest absolute Gasteiger partial charge is 0.224 e. The molecule has 2 heterocycles. The Balaban J connectivity index is 1.40. The Bertz CT molecular complexity index is 1010. The Morgan fingerprint density at radius 2 is 2.09 bits per heavy atom. The molecule has 1 saturated heterocycles. The minimum Gasteiger partial charge on any atom is -0.381 e. The molecule has 0 saturated carbocycles. The third kappa shape index (κ3) is 5.92. The van der Waals surface area contributed by atoms with E-state index in [0.717, 1.165) is 62.8 Å². The van der Waals surface area contributed by atoms with E-state index in [1.54, 1.807) is 12.1 Å². The molecule has 3 atom stereocenters. The molecule has 4 rings (SSSR count). The van der Waals surface area contributed by atoms with E-state index in [1.807, 2.05) is 6.92 Å². The molecule has 5 nitrogen and oxygen atoms in total. The number of rotatable bonds is 8. The van der Waals surface area contributed by atoms with Crippen molar-refractivity contribution >= 4 is 23.2 Å². The lowest BCUT2D eigenvalue weighted by molar-refractivity contribution is -0.124. The zero-order valence-electron chi connectivity index (χ0n) is 19.6. The monoisotopic (exact) mass is 491 g/mol. The summed E-state index contributed by atoms with van der Waals surface area (Å²) in [6.07, 6.45) is 6.69. The minimum atomic E-state index is -0.852. The third-order valence-electron chi connectivity index (χ3n) is 7.07. The maximum atomic E-state index is 14.6. The van der Waals surface area contributed by atoms with E-state index in [1.165, 1.54) is 6.07 Å². The highest BCUT2D eigenvalue weighted by molar-refractivity contribution is 6.28. The van der Waals surface area contributed by atoms with Crippen LogP contribution in [-0.4, -0.2) is 29.0 Å². The van der Waals surface area contributed by atoms with Crippen molar-refractivity contribution in [1.29, 1.82) is 0 Å². The van der Waals surface area contributed by atoms with E-state index < -0.39 is 18.5 Å². The summed E-state index contributed by atoms with van der Waals surface area (Å²) in [5, 5.41) is 3.40. The summed E-state index contributed by atoms with van der Waals surface area (Å²) in [6.45, 7) is 2.43. The average molecular weight is 492 g/mol. The number of carbonyl (C=O) groups is 1. The number of anilines is 1. The summed E-state index contributed by atoms with van der Waals surface area (Å²) in [5.41, 5.74) is 2.26. The number of alkyl halides is 1. The highest BCUT2D eigenvalue weighted by Gasteiger charge is 2.29. The predicted molar refractivity (Wildman–Crippen MR) is 128 cm³/mol. The van der Waals surface area contributed by atoms with Crippen LogP contribution >= 0.6 is 11.6 Å². The SMILES string of the molecule is C[C@@H](Nc1nc(Cl)nc2c1CC(CCC(=O)C1CCCCOCC1)C2)c1cccc(CF)c1F. The van der Waals surface area contributed by atoms with Gasteiger partial charge >= 0.3 is 0 Å². The lowest BCUT2D eigenvalue weighted by atomic mass is 9.88. The number of hydrogen-bond acceptors (Lipinski definition) is 5. The fraction of sp³-hybridized carbons (Fsp3) is 0.577. The predicted octanol–water partition coefficient (Wildman–Crippen LogP) is 6.18. The summed E-state index contributed by atoms with van der Waals surface area (Å²) < 4.78 is 33.3. The second-order valence-electron chi connectivity index (χ2n) is 9.46. The van der Waals surface area contributed by atoms with Crippen molar-refractivity contribution in [1.82, 2.24) is 9.97 Å². The van der Waals surface area contributed by atoms with Gasteiger partial charge in [-0.05, 0) is 63.0 Å². The Morgan fingerprint density at radius 1 is 1.24 bits per heavy atom. The summed E-state index contributed by atoms with van der Waals surface area (Å²) in [6, 6.07) is 4.31. The molecule has 34 heavy (non-hydrogen) atoms. The van der Waals surface area contributed by atoms with Crippen molar-refractivity contribution in [2.24, 2.45) is 11.8 Å². The molecule has 184 valence electrons. The van der Waals surface area contributed by atoms with Crippen LogP contribution in [0.4, 0.5) is 14.6 Å². The summed E-state index contributed by atoms with van der Waals surface area (Å²) >= 11 is 6.19. The molecule has 1 aromatic heterocycles. The number of ketones is 1. The number of nitrogens with zero attached hydrogens (tertiary/aromatic N) is 2. The number of nitrogens with one attached hydrogen (secondary N) is 1. The van der Waals surface area contributed by atoms with Gasteiger partial charge < -0.3 is 10.1 Å². The highest BCUT2D eigenvalue weighted by atomic mass is 35.5. The normalized spacial score (nSPS) is 21.4.